The highest BCUT2D eigenvalue weighted by atomic mass is 15.2. The van der Waals surface area contributed by atoms with Gasteiger partial charge >= 0.3 is 0 Å². The molecule has 5 rings (SSSR count). The van der Waals surface area contributed by atoms with Crippen LogP contribution in [0.4, 0.5) is 5.69 Å². The van der Waals surface area contributed by atoms with E-state index in [1.807, 2.05) is 0 Å². The van der Waals surface area contributed by atoms with Crippen LogP contribution < -0.4 is 10.2 Å². The van der Waals surface area contributed by atoms with E-state index in [0.29, 0.717) is 12.1 Å². The van der Waals surface area contributed by atoms with Crippen LogP contribution in [-0.2, 0) is 0 Å². The quantitative estimate of drug-likeness (QED) is 0.389. The molecule has 3 heterocycles. The lowest BCUT2D eigenvalue weighted by molar-refractivity contribution is 0.144. The number of anilines is 1. The summed E-state index contributed by atoms with van der Waals surface area (Å²) in [4.78, 5) is 8.78. The molecule has 0 amide bonds. The molecular weight excluding hydrogens is 416 g/mol. The molecule has 0 radical (unpaired) electrons. The first-order chi connectivity index (χ1) is 16.7. The minimum atomic E-state index is 0.677. The van der Waals surface area contributed by atoms with Crippen molar-refractivity contribution >= 4 is 16.6 Å². The Morgan fingerprint density at radius 2 is 1.71 bits per heavy atom. The second kappa shape index (κ2) is 11.0. The van der Waals surface area contributed by atoms with Gasteiger partial charge < -0.3 is 20.1 Å². The highest BCUT2D eigenvalue weighted by Crippen LogP contribution is 2.29. The van der Waals surface area contributed by atoms with Gasteiger partial charge in [0.25, 0.3) is 0 Å². The van der Waals surface area contributed by atoms with E-state index >= 15 is 0 Å². The summed E-state index contributed by atoms with van der Waals surface area (Å²) in [6.45, 7) is 10.7. The second-order valence-corrected chi connectivity index (χ2v) is 10.8. The smallest absolute Gasteiger partial charge is 0.0465 e. The summed E-state index contributed by atoms with van der Waals surface area (Å²) >= 11 is 0. The van der Waals surface area contributed by atoms with E-state index < -0.39 is 0 Å². The van der Waals surface area contributed by atoms with Crippen molar-refractivity contribution in [2.75, 3.05) is 37.6 Å². The van der Waals surface area contributed by atoms with Crippen LogP contribution in [0.15, 0.2) is 54.6 Å². The van der Waals surface area contributed by atoms with Crippen LogP contribution in [-0.4, -0.2) is 54.7 Å². The summed E-state index contributed by atoms with van der Waals surface area (Å²) < 4.78 is 0. The van der Waals surface area contributed by atoms with Crippen molar-refractivity contribution in [3.8, 4) is 11.3 Å². The van der Waals surface area contributed by atoms with Gasteiger partial charge in [0.05, 0.1) is 0 Å². The van der Waals surface area contributed by atoms with Crippen LogP contribution in [0.25, 0.3) is 22.2 Å². The standard InChI is InChI=1S/C30H42N4/c1-23(2)33-17-12-24(13-18-33)7-6-16-31-27-14-19-34(20-15-27)28-10-5-9-25(21-28)30-22-26-8-3-4-11-29(26)32-30/h3-5,8-11,21-24,27,31-32H,6-7,12-20H2,1-2H3. The Labute approximate surface area is 205 Å². The normalized spacial score (nSPS) is 18.9. The number of aromatic amines is 1. The molecular formula is C30H42N4. The number of rotatable bonds is 8. The molecule has 4 heteroatoms. The molecule has 0 atom stereocenters. The highest BCUT2D eigenvalue weighted by molar-refractivity contribution is 5.86. The zero-order valence-electron chi connectivity index (χ0n) is 21.1. The van der Waals surface area contributed by atoms with Crippen LogP contribution in [0.2, 0.25) is 0 Å². The summed E-state index contributed by atoms with van der Waals surface area (Å²) in [5.74, 6) is 0.947. The van der Waals surface area contributed by atoms with Gasteiger partial charge in [0.1, 0.15) is 0 Å². The molecule has 0 spiro atoms. The van der Waals surface area contributed by atoms with Crippen molar-refractivity contribution in [3.63, 3.8) is 0 Å². The van der Waals surface area contributed by atoms with Crippen LogP contribution in [0, 0.1) is 5.92 Å². The molecule has 1 aromatic heterocycles. The maximum atomic E-state index is 3.87. The summed E-state index contributed by atoms with van der Waals surface area (Å²) in [7, 11) is 0. The average Bonchev–Trinajstić information content (AvgIpc) is 3.32. The predicted molar refractivity (Wildman–Crippen MR) is 146 cm³/mol. The van der Waals surface area contributed by atoms with E-state index in [9.17, 15) is 0 Å². The molecule has 2 aliphatic rings. The first-order valence-electron chi connectivity index (χ1n) is 13.6. The monoisotopic (exact) mass is 458 g/mol. The van der Waals surface area contributed by atoms with E-state index in [2.05, 4.69) is 88.5 Å². The Kier molecular flexibility index (Phi) is 7.56. The molecule has 34 heavy (non-hydrogen) atoms. The molecule has 0 bridgehead atoms. The third kappa shape index (κ3) is 5.67. The van der Waals surface area contributed by atoms with Crippen LogP contribution in [0.5, 0.6) is 0 Å². The van der Waals surface area contributed by atoms with Crippen molar-refractivity contribution in [1.29, 1.82) is 0 Å². The number of hydrogen-bond acceptors (Lipinski definition) is 3. The number of hydrogen-bond donors (Lipinski definition) is 2. The number of H-pyrrole nitrogens is 1. The summed E-state index contributed by atoms with van der Waals surface area (Å²) in [6.07, 6.45) is 8.01. The van der Waals surface area contributed by atoms with Gasteiger partial charge in [-0.2, -0.15) is 0 Å². The fourth-order valence-electron chi connectivity index (χ4n) is 5.90. The molecule has 4 nitrogen and oxygen atoms in total. The van der Waals surface area contributed by atoms with Crippen LogP contribution in [0.3, 0.4) is 0 Å². The van der Waals surface area contributed by atoms with E-state index in [0.717, 1.165) is 19.0 Å². The number of piperidine rings is 2. The van der Waals surface area contributed by atoms with Crippen LogP contribution in [0.1, 0.15) is 52.4 Å². The van der Waals surface area contributed by atoms with Crippen molar-refractivity contribution in [2.24, 2.45) is 5.92 Å². The van der Waals surface area contributed by atoms with Gasteiger partial charge in [0, 0.05) is 47.5 Å². The van der Waals surface area contributed by atoms with E-state index in [1.54, 1.807) is 0 Å². The third-order valence-corrected chi connectivity index (χ3v) is 8.15. The Bertz CT molecular complexity index is 1010. The van der Waals surface area contributed by atoms with Crippen molar-refractivity contribution < 1.29 is 0 Å². The number of likely N-dealkylation sites (tertiary alicyclic amines) is 1. The molecule has 2 aliphatic heterocycles. The van der Waals surface area contributed by atoms with Crippen molar-refractivity contribution in [2.45, 2.75) is 64.5 Å². The summed E-state index contributed by atoms with van der Waals surface area (Å²) in [5.41, 5.74) is 5.03. The third-order valence-electron chi connectivity index (χ3n) is 8.15. The first kappa shape index (κ1) is 23.4. The Balaban J connectivity index is 1.06. The molecule has 0 saturated carbocycles. The first-order valence-corrected chi connectivity index (χ1v) is 13.6. The summed E-state index contributed by atoms with van der Waals surface area (Å²) in [5, 5.41) is 5.14. The van der Waals surface area contributed by atoms with Crippen molar-refractivity contribution in [1.82, 2.24) is 15.2 Å². The lowest BCUT2D eigenvalue weighted by Crippen LogP contribution is -2.43. The van der Waals surface area contributed by atoms with Crippen molar-refractivity contribution in [3.05, 3.63) is 54.6 Å². The van der Waals surface area contributed by atoms with Crippen LogP contribution >= 0.6 is 0 Å². The minimum absolute atomic E-state index is 0.677. The zero-order chi connectivity index (χ0) is 23.3. The zero-order valence-corrected chi connectivity index (χ0v) is 21.1. The van der Waals surface area contributed by atoms with Gasteiger partial charge in [-0.25, -0.2) is 0 Å². The van der Waals surface area contributed by atoms with Gasteiger partial charge in [-0.1, -0.05) is 30.3 Å². The molecule has 182 valence electrons. The Morgan fingerprint density at radius 3 is 2.47 bits per heavy atom. The fraction of sp³-hybridized carbons (Fsp3) is 0.533. The maximum Gasteiger partial charge on any atom is 0.0465 e. The molecule has 0 aliphatic carbocycles. The predicted octanol–water partition coefficient (Wildman–Crippen LogP) is 6.29. The molecule has 2 saturated heterocycles. The average molecular weight is 459 g/mol. The lowest BCUT2D eigenvalue weighted by atomic mass is 9.91. The SMILES string of the molecule is CC(C)N1CCC(CCCNC2CCN(c3cccc(-c4cc5ccccc5[nH]4)c3)CC2)CC1. The highest BCUT2D eigenvalue weighted by Gasteiger charge is 2.22. The largest absolute Gasteiger partial charge is 0.371 e. The molecule has 0 unspecified atom stereocenters. The molecule has 2 N–H and O–H groups in total. The van der Waals surface area contributed by atoms with Gasteiger partial charge in [0.2, 0.25) is 0 Å². The number of fused-ring (bicyclic) bond motifs is 1. The number of nitrogens with zero attached hydrogens (tertiary/aromatic N) is 2. The summed E-state index contributed by atoms with van der Waals surface area (Å²) in [6, 6.07) is 21.2. The molecule has 2 aromatic carbocycles. The van der Waals surface area contributed by atoms with Gasteiger partial charge in [-0.05, 0) is 108 Å². The maximum absolute atomic E-state index is 3.87. The molecule has 3 aromatic rings. The van der Waals surface area contributed by atoms with E-state index in [1.165, 1.54) is 86.0 Å². The number of benzene rings is 2. The van der Waals surface area contributed by atoms with E-state index in [4.69, 9.17) is 0 Å². The lowest BCUT2D eigenvalue weighted by Gasteiger charge is -2.35. The number of nitrogens with one attached hydrogen (secondary N) is 2. The van der Waals surface area contributed by atoms with Gasteiger partial charge in [0.15, 0.2) is 0 Å². The fourth-order valence-corrected chi connectivity index (χ4v) is 5.90. The Hall–Kier alpha value is -2.30. The van der Waals surface area contributed by atoms with Gasteiger partial charge in [-0.15, -0.1) is 0 Å². The number of aromatic nitrogens is 1. The minimum Gasteiger partial charge on any atom is -0.371 e. The molecule has 2 fully saturated rings. The second-order valence-electron chi connectivity index (χ2n) is 10.8. The Morgan fingerprint density at radius 1 is 0.912 bits per heavy atom. The van der Waals surface area contributed by atoms with Gasteiger partial charge in [-0.3, -0.25) is 0 Å². The van der Waals surface area contributed by atoms with E-state index in [-0.39, 0.29) is 0 Å². The number of para-hydroxylation sites is 1. The topological polar surface area (TPSA) is 34.3 Å².